The third-order valence-electron chi connectivity index (χ3n) is 8.19. The number of aliphatic hydroxyl groups excluding tert-OH is 1. The molecule has 1 heterocycles. The van der Waals surface area contributed by atoms with Crippen molar-refractivity contribution in [1.82, 2.24) is 4.98 Å². The van der Waals surface area contributed by atoms with Crippen LogP contribution >= 0.6 is 0 Å². The summed E-state index contributed by atoms with van der Waals surface area (Å²) in [5.41, 5.74) is 2.63. The van der Waals surface area contributed by atoms with Gasteiger partial charge in [-0.1, -0.05) is 86.4 Å². The third-order valence-corrected chi connectivity index (χ3v) is 8.19. The van der Waals surface area contributed by atoms with Crippen LogP contribution in [0.3, 0.4) is 0 Å². The second-order valence-corrected chi connectivity index (χ2v) is 13.1. The number of hydrogen-bond donors (Lipinski definition) is 1. The van der Waals surface area contributed by atoms with Crippen molar-refractivity contribution in [3.8, 4) is 11.3 Å². The Morgan fingerprint density at radius 2 is 1.49 bits per heavy atom. The Labute approximate surface area is 279 Å². The largest absolute Gasteiger partial charge is 0.512 e. The second kappa shape index (κ2) is 15.0. The zero-order chi connectivity index (χ0) is 33.0. The minimum Gasteiger partial charge on any atom is -0.512 e. The van der Waals surface area contributed by atoms with Crippen LogP contribution in [0.2, 0.25) is 0 Å². The van der Waals surface area contributed by atoms with Gasteiger partial charge in [0.15, 0.2) is 5.78 Å². The van der Waals surface area contributed by atoms with Crippen LogP contribution in [-0.4, -0.2) is 15.9 Å². The first-order chi connectivity index (χ1) is 20.4. The molecule has 1 N–H and O–H groups in total. The molecule has 0 bridgehead atoms. The molecule has 0 amide bonds. The van der Waals surface area contributed by atoms with E-state index in [1.165, 1.54) is 19.1 Å². The number of fused-ring (bicyclic) bond motifs is 3. The maximum Gasteiger partial charge on any atom is 0.416 e. The van der Waals surface area contributed by atoms with Gasteiger partial charge >= 0.3 is 6.18 Å². The number of ketones is 1. The van der Waals surface area contributed by atoms with Crippen molar-refractivity contribution in [2.24, 2.45) is 10.8 Å². The van der Waals surface area contributed by atoms with E-state index in [0.717, 1.165) is 64.2 Å². The molecule has 0 fully saturated rings. The molecule has 45 heavy (non-hydrogen) atoms. The van der Waals surface area contributed by atoms with Crippen molar-refractivity contribution >= 4 is 27.3 Å². The van der Waals surface area contributed by atoms with Crippen LogP contribution in [0, 0.1) is 37.7 Å². The number of carbonyl (C=O) groups excluding carboxylic acids is 1. The van der Waals surface area contributed by atoms with Gasteiger partial charge in [-0.05, 0) is 64.7 Å². The van der Waals surface area contributed by atoms with Crippen LogP contribution in [0.25, 0.3) is 32.8 Å². The van der Waals surface area contributed by atoms with E-state index in [2.05, 4.69) is 24.9 Å². The van der Waals surface area contributed by atoms with Crippen LogP contribution in [-0.2, 0) is 31.1 Å². The molecular weight excluding hydrogens is 752 g/mol. The molecule has 0 spiro atoms. The molecule has 4 rings (SSSR count). The Bertz CT molecular complexity index is 1670. The van der Waals surface area contributed by atoms with Crippen LogP contribution in [0.15, 0.2) is 60.5 Å². The second-order valence-electron chi connectivity index (χ2n) is 13.1. The molecule has 0 aliphatic carbocycles. The van der Waals surface area contributed by atoms with E-state index < -0.39 is 11.7 Å². The minimum atomic E-state index is -4.38. The first-order valence-electron chi connectivity index (χ1n) is 15.3. The van der Waals surface area contributed by atoms with Gasteiger partial charge in [-0.3, -0.25) is 4.79 Å². The van der Waals surface area contributed by atoms with Gasteiger partial charge < -0.3 is 10.1 Å². The average Bonchev–Trinajstić information content (AvgIpc) is 2.91. The Kier molecular flexibility index (Phi) is 12.8. The number of rotatable bonds is 8. The van der Waals surface area contributed by atoms with Gasteiger partial charge in [0, 0.05) is 43.2 Å². The Balaban J connectivity index is 0.000000343. The molecule has 0 aliphatic rings. The molecule has 0 atom stereocenters. The fraction of sp³-hybridized carbons (Fsp3) is 0.421. The Hall–Kier alpha value is -3.02. The van der Waals surface area contributed by atoms with Crippen molar-refractivity contribution in [3.63, 3.8) is 0 Å². The van der Waals surface area contributed by atoms with Crippen LogP contribution in [0.5, 0.6) is 0 Å². The topological polar surface area (TPSA) is 50.2 Å². The Morgan fingerprint density at radius 3 is 2.07 bits per heavy atom. The molecule has 3 nitrogen and oxygen atoms in total. The third kappa shape index (κ3) is 9.26. The number of aryl methyl sites for hydroxylation is 3. The quantitative estimate of drug-likeness (QED) is 0.0836. The maximum absolute atomic E-state index is 13.4. The molecule has 0 unspecified atom stereocenters. The number of aliphatic hydroxyl groups is 1. The first kappa shape index (κ1) is 38.2. The average molecular weight is 797 g/mol. The van der Waals surface area contributed by atoms with Crippen molar-refractivity contribution in [1.29, 1.82) is 0 Å². The van der Waals surface area contributed by atoms with E-state index in [0.29, 0.717) is 5.39 Å². The smallest absolute Gasteiger partial charge is 0.416 e. The number of nitrogens with zero attached hydrogens (tertiary/aromatic N) is 1. The monoisotopic (exact) mass is 797 g/mol. The van der Waals surface area contributed by atoms with E-state index in [4.69, 9.17) is 0 Å². The molecule has 7 heteroatoms. The van der Waals surface area contributed by atoms with Gasteiger partial charge in [-0.15, -0.1) is 34.9 Å². The normalized spacial score (nSPS) is 12.5. The molecule has 0 aliphatic heterocycles. The van der Waals surface area contributed by atoms with Gasteiger partial charge in [0.25, 0.3) is 0 Å². The molecule has 1 radical (unpaired) electrons. The first-order valence-corrected chi connectivity index (χ1v) is 15.3. The number of pyridine rings is 1. The van der Waals surface area contributed by atoms with Crippen molar-refractivity contribution in [3.05, 3.63) is 88.8 Å². The molecule has 3 aromatic carbocycles. The molecular formula is C38H45F3IrNO2-. The summed E-state index contributed by atoms with van der Waals surface area (Å²) >= 11 is 0. The van der Waals surface area contributed by atoms with Crippen LogP contribution < -0.4 is 0 Å². The van der Waals surface area contributed by atoms with E-state index in [9.17, 15) is 23.1 Å². The van der Waals surface area contributed by atoms with E-state index in [1.807, 2.05) is 65.8 Å². The van der Waals surface area contributed by atoms with Crippen molar-refractivity contribution in [2.45, 2.75) is 94.2 Å². The maximum atomic E-state index is 13.4. The fourth-order valence-corrected chi connectivity index (χ4v) is 5.71. The SMILES string of the molecule is CCCC(C)(C)C(=O)/C=C(\O)C(C)(C)CCC.Cc1[c-]c(-c2nccc3c2ccc2cc(C)c(C(F)(F)F)cc23)cc(C)c1.[Ir]. The summed E-state index contributed by atoms with van der Waals surface area (Å²) in [4.78, 5) is 16.6. The molecule has 1 aromatic heterocycles. The van der Waals surface area contributed by atoms with E-state index in [-0.39, 0.29) is 48.0 Å². The predicted octanol–water partition coefficient (Wildman–Crippen LogP) is 11.4. The number of hydrogen-bond acceptors (Lipinski definition) is 3. The Morgan fingerprint density at radius 1 is 0.867 bits per heavy atom. The number of halogens is 3. The summed E-state index contributed by atoms with van der Waals surface area (Å²) in [7, 11) is 0. The van der Waals surface area contributed by atoms with Crippen molar-refractivity contribution < 1.29 is 43.2 Å². The van der Waals surface area contributed by atoms with E-state index in [1.54, 1.807) is 18.3 Å². The summed E-state index contributed by atoms with van der Waals surface area (Å²) in [6.07, 6.45) is 2.42. The van der Waals surface area contributed by atoms with Crippen LogP contribution in [0.1, 0.15) is 89.5 Å². The predicted molar refractivity (Wildman–Crippen MR) is 176 cm³/mol. The van der Waals surface area contributed by atoms with Gasteiger partial charge in [-0.25, -0.2) is 0 Å². The summed E-state index contributed by atoms with van der Waals surface area (Å²) in [5, 5.41) is 13.0. The van der Waals surface area contributed by atoms with Gasteiger partial charge in [0.1, 0.15) is 5.76 Å². The van der Waals surface area contributed by atoms with E-state index >= 15 is 0 Å². The minimum absolute atomic E-state index is 0. The van der Waals surface area contributed by atoms with Gasteiger partial charge in [0.2, 0.25) is 0 Å². The number of benzene rings is 3. The molecule has 245 valence electrons. The summed E-state index contributed by atoms with van der Waals surface area (Å²) < 4.78 is 40.2. The molecule has 0 saturated heterocycles. The fourth-order valence-electron chi connectivity index (χ4n) is 5.71. The summed E-state index contributed by atoms with van der Waals surface area (Å²) in [5.74, 6) is 0.245. The number of alkyl halides is 3. The summed E-state index contributed by atoms with van der Waals surface area (Å²) in [6.45, 7) is 17.4. The molecule has 0 saturated carbocycles. The summed E-state index contributed by atoms with van der Waals surface area (Å²) in [6, 6.07) is 15.7. The van der Waals surface area contributed by atoms with Crippen molar-refractivity contribution in [2.75, 3.05) is 0 Å². The number of allylic oxidation sites excluding steroid dienone is 2. The van der Waals surface area contributed by atoms with Gasteiger partial charge in [0.05, 0.1) is 5.56 Å². The van der Waals surface area contributed by atoms with Gasteiger partial charge in [-0.2, -0.15) is 13.2 Å². The number of carbonyl (C=O) groups is 1. The standard InChI is InChI=1S/C23H17F3N.C15H28O2.Ir/c1-13-8-14(2)10-17(9-13)22-19-5-4-16-11-15(3)21(23(24,25)26)12-20(16)18(19)6-7-27-22;1-7-9-14(3,4)12(16)11-13(17)15(5,6)10-8-2;/h4-9,11-12H,1-3H3;11,16H,7-10H2,1-6H3;/q-1;;/b;12-11-;. The zero-order valence-electron chi connectivity index (χ0n) is 27.8. The molecule has 4 aromatic rings. The number of aromatic nitrogens is 1. The van der Waals surface area contributed by atoms with Crippen LogP contribution in [0.4, 0.5) is 13.2 Å². The zero-order valence-corrected chi connectivity index (χ0v) is 30.2.